The molecule has 0 atom stereocenters. The molecule has 2 aromatic rings. The first-order valence-electron chi connectivity index (χ1n) is 7.95. The number of anilines is 2. The first kappa shape index (κ1) is 17.2. The Balaban J connectivity index is 1.75. The third kappa shape index (κ3) is 3.71. The van der Waals surface area contributed by atoms with Crippen LogP contribution in [0.1, 0.15) is 36.1 Å². The fourth-order valence-corrected chi connectivity index (χ4v) is 2.63. The van der Waals surface area contributed by atoms with Crippen molar-refractivity contribution in [3.8, 4) is 0 Å². The van der Waals surface area contributed by atoms with Crippen molar-refractivity contribution in [2.75, 3.05) is 23.3 Å². The Labute approximate surface area is 150 Å². The van der Waals surface area contributed by atoms with Crippen molar-refractivity contribution < 1.29 is 9.59 Å². The summed E-state index contributed by atoms with van der Waals surface area (Å²) in [6, 6.07) is 6.91. The van der Waals surface area contributed by atoms with Gasteiger partial charge in [0.1, 0.15) is 5.82 Å². The second-order valence-electron chi connectivity index (χ2n) is 5.96. The van der Waals surface area contributed by atoms with E-state index in [1.165, 1.54) is 6.20 Å². The summed E-state index contributed by atoms with van der Waals surface area (Å²) < 4.78 is 0. The molecule has 1 aliphatic rings. The van der Waals surface area contributed by atoms with E-state index in [0.29, 0.717) is 24.6 Å². The molecule has 25 heavy (non-hydrogen) atoms. The lowest BCUT2D eigenvalue weighted by Gasteiger charge is -2.15. The smallest absolute Gasteiger partial charge is 0.321 e. The number of rotatable bonds is 4. The maximum Gasteiger partial charge on any atom is 0.321 e. The van der Waals surface area contributed by atoms with Gasteiger partial charge in [0.05, 0.1) is 11.2 Å². The summed E-state index contributed by atoms with van der Waals surface area (Å²) in [6.07, 6.45) is 1.44. The van der Waals surface area contributed by atoms with Gasteiger partial charge in [0.25, 0.3) is 5.91 Å². The van der Waals surface area contributed by atoms with Gasteiger partial charge in [-0.3, -0.25) is 9.69 Å². The minimum absolute atomic E-state index is 0.0923. The number of nitrogens with zero attached hydrogens (tertiary/aromatic N) is 3. The van der Waals surface area contributed by atoms with Crippen LogP contribution in [0.15, 0.2) is 30.5 Å². The largest absolute Gasteiger partial charge is 0.336 e. The molecule has 8 heteroatoms. The number of carbonyl (C=O) groups is 2. The average Bonchev–Trinajstić information content (AvgIpc) is 3.01. The summed E-state index contributed by atoms with van der Waals surface area (Å²) >= 11 is 6.05. The standard InChI is InChI=1S/C17H18ClN5O2/c1-10(2)15-20-9-13(18)14(22-15)16(24)21-11-3-5-12(6-4-11)23-8-7-19-17(23)25/h3-6,9-10H,7-8H2,1-2H3,(H,19,25)(H,21,24). The molecule has 0 spiro atoms. The molecule has 1 aromatic carbocycles. The van der Waals surface area contributed by atoms with E-state index in [1.807, 2.05) is 13.8 Å². The number of carbonyl (C=O) groups excluding carboxylic acids is 2. The number of aromatic nitrogens is 2. The summed E-state index contributed by atoms with van der Waals surface area (Å²) in [6.45, 7) is 5.14. The van der Waals surface area contributed by atoms with Crippen LogP contribution in [0.25, 0.3) is 0 Å². The quantitative estimate of drug-likeness (QED) is 0.878. The highest BCUT2D eigenvalue weighted by Gasteiger charge is 2.21. The highest BCUT2D eigenvalue weighted by Crippen LogP contribution is 2.21. The van der Waals surface area contributed by atoms with E-state index in [9.17, 15) is 9.59 Å². The van der Waals surface area contributed by atoms with E-state index in [-0.39, 0.29) is 22.7 Å². The zero-order valence-electron chi connectivity index (χ0n) is 13.9. The van der Waals surface area contributed by atoms with Crippen molar-refractivity contribution in [3.05, 3.63) is 47.0 Å². The molecule has 130 valence electrons. The predicted octanol–water partition coefficient (Wildman–Crippen LogP) is 3.04. The Morgan fingerprint density at radius 1 is 1.32 bits per heavy atom. The first-order valence-corrected chi connectivity index (χ1v) is 8.32. The van der Waals surface area contributed by atoms with E-state index in [0.717, 1.165) is 5.69 Å². The molecule has 0 saturated carbocycles. The van der Waals surface area contributed by atoms with Gasteiger partial charge in [-0.05, 0) is 24.3 Å². The summed E-state index contributed by atoms with van der Waals surface area (Å²) in [5.41, 5.74) is 1.51. The molecule has 1 fully saturated rings. The van der Waals surface area contributed by atoms with Crippen molar-refractivity contribution in [2.45, 2.75) is 19.8 Å². The molecular formula is C17H18ClN5O2. The Kier molecular flexibility index (Phi) is 4.85. The lowest BCUT2D eigenvalue weighted by molar-refractivity contribution is 0.102. The van der Waals surface area contributed by atoms with Gasteiger partial charge in [-0.2, -0.15) is 0 Å². The maximum absolute atomic E-state index is 12.4. The zero-order valence-corrected chi connectivity index (χ0v) is 14.7. The maximum atomic E-state index is 12.4. The van der Waals surface area contributed by atoms with Gasteiger partial charge in [0.2, 0.25) is 0 Å². The fraction of sp³-hybridized carbons (Fsp3) is 0.294. The van der Waals surface area contributed by atoms with Gasteiger partial charge in [0, 0.05) is 30.4 Å². The van der Waals surface area contributed by atoms with Crippen molar-refractivity contribution in [1.29, 1.82) is 0 Å². The molecule has 0 bridgehead atoms. The molecule has 0 radical (unpaired) electrons. The van der Waals surface area contributed by atoms with E-state index in [2.05, 4.69) is 20.6 Å². The molecule has 0 aliphatic carbocycles. The molecular weight excluding hydrogens is 342 g/mol. The van der Waals surface area contributed by atoms with Crippen molar-refractivity contribution in [2.24, 2.45) is 0 Å². The molecule has 1 saturated heterocycles. The number of nitrogens with one attached hydrogen (secondary N) is 2. The van der Waals surface area contributed by atoms with Crippen molar-refractivity contribution in [1.82, 2.24) is 15.3 Å². The Morgan fingerprint density at radius 3 is 2.64 bits per heavy atom. The van der Waals surface area contributed by atoms with Gasteiger partial charge in [0.15, 0.2) is 5.69 Å². The molecule has 2 heterocycles. The molecule has 0 unspecified atom stereocenters. The molecule has 1 aliphatic heterocycles. The third-order valence-electron chi connectivity index (χ3n) is 3.79. The van der Waals surface area contributed by atoms with Crippen LogP contribution in [0, 0.1) is 0 Å². The van der Waals surface area contributed by atoms with Crippen LogP contribution in [0.4, 0.5) is 16.2 Å². The molecule has 7 nitrogen and oxygen atoms in total. The van der Waals surface area contributed by atoms with Gasteiger partial charge in [-0.25, -0.2) is 14.8 Å². The van der Waals surface area contributed by atoms with Gasteiger partial charge < -0.3 is 10.6 Å². The molecule has 1 aromatic heterocycles. The number of hydrogen-bond donors (Lipinski definition) is 2. The van der Waals surface area contributed by atoms with E-state index in [4.69, 9.17) is 11.6 Å². The van der Waals surface area contributed by atoms with Crippen molar-refractivity contribution in [3.63, 3.8) is 0 Å². The lowest BCUT2D eigenvalue weighted by Crippen LogP contribution is -2.27. The Bertz CT molecular complexity index is 807. The number of hydrogen-bond acceptors (Lipinski definition) is 4. The number of benzene rings is 1. The molecule has 2 N–H and O–H groups in total. The molecule has 3 amide bonds. The van der Waals surface area contributed by atoms with Crippen molar-refractivity contribution >= 4 is 34.9 Å². The Hall–Kier alpha value is -2.67. The third-order valence-corrected chi connectivity index (χ3v) is 4.06. The normalized spacial score (nSPS) is 13.9. The van der Waals surface area contributed by atoms with Gasteiger partial charge in [-0.1, -0.05) is 25.4 Å². The minimum Gasteiger partial charge on any atom is -0.336 e. The zero-order chi connectivity index (χ0) is 18.0. The highest BCUT2D eigenvalue weighted by molar-refractivity contribution is 6.33. The second-order valence-corrected chi connectivity index (χ2v) is 6.37. The highest BCUT2D eigenvalue weighted by atomic mass is 35.5. The summed E-state index contributed by atoms with van der Waals surface area (Å²) in [5, 5.41) is 5.71. The summed E-state index contributed by atoms with van der Waals surface area (Å²) in [4.78, 5) is 34.1. The van der Waals surface area contributed by atoms with Crippen LogP contribution >= 0.6 is 11.6 Å². The van der Waals surface area contributed by atoms with E-state index in [1.54, 1.807) is 29.2 Å². The number of amides is 3. The van der Waals surface area contributed by atoms with Crippen LogP contribution < -0.4 is 15.5 Å². The van der Waals surface area contributed by atoms with Crippen LogP contribution in [0.3, 0.4) is 0 Å². The summed E-state index contributed by atoms with van der Waals surface area (Å²) in [7, 11) is 0. The van der Waals surface area contributed by atoms with E-state index >= 15 is 0 Å². The lowest BCUT2D eigenvalue weighted by atomic mass is 10.2. The monoisotopic (exact) mass is 359 g/mol. The fourth-order valence-electron chi connectivity index (χ4n) is 2.45. The predicted molar refractivity (Wildman–Crippen MR) is 96.3 cm³/mol. The van der Waals surface area contributed by atoms with Crippen LogP contribution in [0.5, 0.6) is 0 Å². The average molecular weight is 360 g/mol. The molecule has 3 rings (SSSR count). The Morgan fingerprint density at radius 2 is 2.04 bits per heavy atom. The summed E-state index contributed by atoms with van der Waals surface area (Å²) in [5.74, 6) is 0.251. The number of halogens is 1. The van der Waals surface area contributed by atoms with E-state index < -0.39 is 5.91 Å². The van der Waals surface area contributed by atoms with Crippen LogP contribution in [-0.4, -0.2) is 35.0 Å². The minimum atomic E-state index is -0.402. The topological polar surface area (TPSA) is 87.2 Å². The second kappa shape index (κ2) is 7.06. The van der Waals surface area contributed by atoms with Crippen LogP contribution in [-0.2, 0) is 0 Å². The number of urea groups is 1. The van der Waals surface area contributed by atoms with Crippen LogP contribution in [0.2, 0.25) is 5.02 Å². The SMILES string of the molecule is CC(C)c1ncc(Cl)c(C(=O)Nc2ccc(N3CCNC3=O)cc2)n1. The first-order chi connectivity index (χ1) is 12.0. The van der Waals surface area contributed by atoms with Gasteiger partial charge in [-0.15, -0.1) is 0 Å². The van der Waals surface area contributed by atoms with Gasteiger partial charge >= 0.3 is 6.03 Å².